The molecule has 2 nitrogen and oxygen atoms in total. The number of nitrogens with one attached hydrogen (secondary N) is 1. The zero-order chi connectivity index (χ0) is 21.0. The molecular formula is C26H31BrClNO. The van der Waals surface area contributed by atoms with Crippen LogP contribution in [0.2, 0.25) is 5.02 Å². The summed E-state index contributed by atoms with van der Waals surface area (Å²) in [6, 6.07) is 14.3. The van der Waals surface area contributed by atoms with Gasteiger partial charge in [-0.15, -0.1) is 0 Å². The standard InChI is InChI=1S/C26H31BrClNO/c1-24-10-20-11-25(2,15-24)17-26(12-20,16-24)29-13-19-5-8-23(22(27)9-19)30-14-18-3-6-21(28)7-4-18/h3-9,20,29H,10-17H2,1-2H3/t20?,24-,25+,26?. The van der Waals surface area contributed by atoms with E-state index in [0.29, 0.717) is 23.0 Å². The molecule has 2 aromatic rings. The molecule has 160 valence electrons. The van der Waals surface area contributed by atoms with E-state index in [1.807, 2.05) is 24.3 Å². The van der Waals surface area contributed by atoms with Crippen molar-refractivity contribution in [3.05, 3.63) is 63.1 Å². The summed E-state index contributed by atoms with van der Waals surface area (Å²) < 4.78 is 7.03. The molecule has 4 bridgehead atoms. The van der Waals surface area contributed by atoms with E-state index in [4.69, 9.17) is 16.3 Å². The van der Waals surface area contributed by atoms with E-state index in [2.05, 4.69) is 53.3 Å². The quantitative estimate of drug-likeness (QED) is 0.454. The van der Waals surface area contributed by atoms with E-state index in [-0.39, 0.29) is 0 Å². The molecule has 4 aliphatic carbocycles. The maximum atomic E-state index is 6.01. The highest BCUT2D eigenvalue weighted by molar-refractivity contribution is 9.10. The molecule has 4 fully saturated rings. The average Bonchev–Trinajstić information content (AvgIpc) is 2.64. The number of ether oxygens (including phenoxy) is 1. The van der Waals surface area contributed by atoms with Crippen LogP contribution in [0, 0.1) is 16.7 Å². The summed E-state index contributed by atoms with van der Waals surface area (Å²) in [6.07, 6.45) is 8.35. The van der Waals surface area contributed by atoms with Crippen molar-refractivity contribution in [3.8, 4) is 5.75 Å². The lowest BCUT2D eigenvalue weighted by molar-refractivity contribution is -0.118. The minimum atomic E-state index is 0.332. The van der Waals surface area contributed by atoms with Gasteiger partial charge in [-0.05, 0) is 107 Å². The lowest BCUT2D eigenvalue weighted by Crippen LogP contribution is -2.63. The first-order chi connectivity index (χ1) is 14.2. The second-order valence-corrected chi connectivity index (χ2v) is 12.2. The molecule has 30 heavy (non-hydrogen) atoms. The van der Waals surface area contributed by atoms with Crippen LogP contribution >= 0.6 is 27.5 Å². The van der Waals surface area contributed by atoms with Crippen LogP contribution in [0.5, 0.6) is 5.75 Å². The molecular weight excluding hydrogens is 458 g/mol. The molecule has 0 spiro atoms. The molecule has 2 unspecified atom stereocenters. The molecule has 0 aromatic heterocycles. The van der Waals surface area contributed by atoms with Crippen molar-refractivity contribution >= 4 is 27.5 Å². The monoisotopic (exact) mass is 487 g/mol. The van der Waals surface area contributed by atoms with E-state index in [9.17, 15) is 0 Å². The van der Waals surface area contributed by atoms with Crippen LogP contribution in [0.3, 0.4) is 0 Å². The summed E-state index contributed by atoms with van der Waals surface area (Å²) in [5.74, 6) is 1.79. The minimum Gasteiger partial charge on any atom is -0.488 e. The first kappa shape index (κ1) is 20.8. The highest BCUT2D eigenvalue weighted by Gasteiger charge is 2.59. The van der Waals surface area contributed by atoms with Gasteiger partial charge in [0, 0.05) is 17.1 Å². The summed E-state index contributed by atoms with van der Waals surface area (Å²) >= 11 is 9.67. The maximum absolute atomic E-state index is 6.01. The van der Waals surface area contributed by atoms with Gasteiger partial charge in [-0.3, -0.25) is 0 Å². The first-order valence-corrected chi connectivity index (χ1v) is 12.3. The minimum absolute atomic E-state index is 0.332. The smallest absolute Gasteiger partial charge is 0.134 e. The largest absolute Gasteiger partial charge is 0.488 e. The molecule has 4 heteroatoms. The van der Waals surface area contributed by atoms with Crippen molar-refractivity contribution in [1.82, 2.24) is 5.32 Å². The Bertz CT molecular complexity index is 925. The van der Waals surface area contributed by atoms with E-state index >= 15 is 0 Å². The van der Waals surface area contributed by atoms with Crippen LogP contribution in [-0.4, -0.2) is 5.54 Å². The predicted octanol–water partition coefficient (Wildman–Crippen LogP) is 7.52. The zero-order valence-electron chi connectivity index (χ0n) is 17.9. The lowest BCUT2D eigenvalue weighted by Gasteiger charge is -2.65. The van der Waals surface area contributed by atoms with Crippen molar-refractivity contribution in [2.45, 2.75) is 71.1 Å². The molecule has 2 aromatic carbocycles. The maximum Gasteiger partial charge on any atom is 0.134 e. The van der Waals surface area contributed by atoms with Crippen LogP contribution in [-0.2, 0) is 13.2 Å². The van der Waals surface area contributed by atoms with E-state index in [0.717, 1.165) is 33.3 Å². The topological polar surface area (TPSA) is 21.3 Å². The Morgan fingerprint density at radius 1 is 0.967 bits per heavy atom. The van der Waals surface area contributed by atoms with Crippen molar-refractivity contribution in [3.63, 3.8) is 0 Å². The third kappa shape index (κ3) is 4.18. The molecule has 0 radical (unpaired) electrons. The second kappa shape index (κ2) is 7.53. The average molecular weight is 489 g/mol. The van der Waals surface area contributed by atoms with Gasteiger partial charge in [-0.25, -0.2) is 0 Å². The van der Waals surface area contributed by atoms with Crippen molar-refractivity contribution < 1.29 is 4.74 Å². The first-order valence-electron chi connectivity index (χ1n) is 11.1. The highest BCUT2D eigenvalue weighted by Crippen LogP contribution is 2.66. The van der Waals surface area contributed by atoms with Crippen molar-refractivity contribution in [2.75, 3.05) is 0 Å². The van der Waals surface area contributed by atoms with Crippen LogP contribution in [0.4, 0.5) is 0 Å². The Morgan fingerprint density at radius 2 is 1.63 bits per heavy atom. The van der Waals surface area contributed by atoms with Gasteiger partial charge in [0.15, 0.2) is 0 Å². The molecule has 4 aliphatic rings. The summed E-state index contributed by atoms with van der Waals surface area (Å²) in [6.45, 7) is 6.54. The molecule has 0 saturated heterocycles. The van der Waals surface area contributed by atoms with Gasteiger partial charge in [0.25, 0.3) is 0 Å². The Hall–Kier alpha value is -1.03. The van der Waals surface area contributed by atoms with Crippen molar-refractivity contribution in [1.29, 1.82) is 0 Å². The number of hydrogen-bond acceptors (Lipinski definition) is 2. The van der Waals surface area contributed by atoms with Gasteiger partial charge in [-0.2, -0.15) is 0 Å². The van der Waals surface area contributed by atoms with E-state index in [1.165, 1.54) is 44.1 Å². The second-order valence-electron chi connectivity index (χ2n) is 10.9. The van der Waals surface area contributed by atoms with Crippen LogP contribution in [0.15, 0.2) is 46.9 Å². The Balaban J connectivity index is 1.23. The third-order valence-corrected chi connectivity index (χ3v) is 8.47. The zero-order valence-corrected chi connectivity index (χ0v) is 20.3. The van der Waals surface area contributed by atoms with Crippen LogP contribution < -0.4 is 10.1 Å². The number of benzene rings is 2. The fraction of sp³-hybridized carbons (Fsp3) is 0.538. The SMILES string of the molecule is C[C@]12CC3CC(NCc4ccc(OCc5ccc(Cl)cc5)c(Br)c4)(C1)C[C@@](C)(C3)C2. The molecule has 6 rings (SSSR count). The van der Waals surface area contributed by atoms with Gasteiger partial charge in [0.05, 0.1) is 4.47 Å². The van der Waals surface area contributed by atoms with Crippen LogP contribution in [0.25, 0.3) is 0 Å². The predicted molar refractivity (Wildman–Crippen MR) is 127 cm³/mol. The van der Waals surface area contributed by atoms with Gasteiger partial charge in [0.2, 0.25) is 0 Å². The summed E-state index contributed by atoms with van der Waals surface area (Å²) in [4.78, 5) is 0. The molecule has 0 aliphatic heterocycles. The Morgan fingerprint density at radius 3 is 2.27 bits per heavy atom. The summed E-state index contributed by atoms with van der Waals surface area (Å²) in [5, 5.41) is 4.78. The van der Waals surface area contributed by atoms with Gasteiger partial charge >= 0.3 is 0 Å². The Labute approximate surface area is 193 Å². The van der Waals surface area contributed by atoms with Crippen LogP contribution in [0.1, 0.15) is 63.5 Å². The fourth-order valence-corrected chi connectivity index (χ4v) is 8.11. The molecule has 4 atom stereocenters. The molecule has 0 heterocycles. The summed E-state index contributed by atoms with van der Waals surface area (Å²) in [7, 11) is 0. The summed E-state index contributed by atoms with van der Waals surface area (Å²) in [5.41, 5.74) is 3.84. The van der Waals surface area contributed by atoms with E-state index < -0.39 is 0 Å². The lowest BCUT2D eigenvalue weighted by atomic mass is 9.43. The van der Waals surface area contributed by atoms with Gasteiger partial charge < -0.3 is 10.1 Å². The third-order valence-electron chi connectivity index (χ3n) is 7.60. The highest BCUT2D eigenvalue weighted by atomic mass is 79.9. The number of hydrogen-bond donors (Lipinski definition) is 1. The number of halogens is 2. The molecule has 0 amide bonds. The molecule has 1 N–H and O–H groups in total. The van der Waals surface area contributed by atoms with Gasteiger partial charge in [0.1, 0.15) is 12.4 Å². The van der Waals surface area contributed by atoms with Crippen molar-refractivity contribution in [2.24, 2.45) is 16.7 Å². The Kier molecular flexibility index (Phi) is 5.24. The number of rotatable bonds is 6. The normalized spacial score (nSPS) is 34.3. The van der Waals surface area contributed by atoms with Gasteiger partial charge in [-0.1, -0.05) is 43.6 Å². The fourth-order valence-electron chi connectivity index (χ4n) is 7.45. The van der Waals surface area contributed by atoms with E-state index in [1.54, 1.807) is 0 Å². The molecule has 4 saturated carbocycles.